The summed E-state index contributed by atoms with van der Waals surface area (Å²) in [6, 6.07) is 8.97. The zero-order valence-electron chi connectivity index (χ0n) is 13.7. The summed E-state index contributed by atoms with van der Waals surface area (Å²) in [5.74, 6) is 1.09. The van der Waals surface area contributed by atoms with Crippen molar-refractivity contribution in [1.29, 1.82) is 0 Å². The van der Waals surface area contributed by atoms with E-state index >= 15 is 0 Å². The van der Waals surface area contributed by atoms with Crippen molar-refractivity contribution < 1.29 is 4.74 Å². The zero-order chi connectivity index (χ0) is 15.6. The van der Waals surface area contributed by atoms with Gasteiger partial charge in [-0.05, 0) is 31.9 Å². The van der Waals surface area contributed by atoms with Crippen molar-refractivity contribution in [2.24, 2.45) is 0 Å². The molecule has 0 aliphatic carbocycles. The SMILES string of the molecule is C[C@H]1CN(C2CCN(c3ncnc4ccccc34)CC2)CCO1. The average Bonchev–Trinajstić information content (AvgIpc) is 2.61. The smallest absolute Gasteiger partial charge is 0.139 e. The molecule has 0 amide bonds. The maximum atomic E-state index is 5.67. The minimum absolute atomic E-state index is 0.368. The molecule has 2 saturated heterocycles. The normalized spacial score (nSPS) is 24.2. The molecular weight excluding hydrogens is 288 g/mol. The zero-order valence-corrected chi connectivity index (χ0v) is 13.7. The lowest BCUT2D eigenvalue weighted by molar-refractivity contribution is -0.0373. The van der Waals surface area contributed by atoms with E-state index in [-0.39, 0.29) is 0 Å². The Morgan fingerprint density at radius 1 is 1.09 bits per heavy atom. The van der Waals surface area contributed by atoms with Crippen LogP contribution in [0, 0.1) is 0 Å². The Labute approximate surface area is 137 Å². The van der Waals surface area contributed by atoms with Crippen LogP contribution in [0.1, 0.15) is 19.8 Å². The summed E-state index contributed by atoms with van der Waals surface area (Å²) in [4.78, 5) is 14.0. The lowest BCUT2D eigenvalue weighted by Crippen LogP contribution is -2.51. The fraction of sp³-hybridized carbons (Fsp3) is 0.556. The molecule has 0 spiro atoms. The Balaban J connectivity index is 1.46. The van der Waals surface area contributed by atoms with Crippen LogP contribution in [-0.4, -0.2) is 59.8 Å². The first-order valence-electron chi connectivity index (χ1n) is 8.61. The predicted molar refractivity (Wildman–Crippen MR) is 91.8 cm³/mol. The molecule has 0 bridgehead atoms. The van der Waals surface area contributed by atoms with Gasteiger partial charge in [0.2, 0.25) is 0 Å². The van der Waals surface area contributed by atoms with Crippen LogP contribution >= 0.6 is 0 Å². The van der Waals surface area contributed by atoms with Gasteiger partial charge in [-0.1, -0.05) is 12.1 Å². The van der Waals surface area contributed by atoms with E-state index in [1.54, 1.807) is 6.33 Å². The van der Waals surface area contributed by atoms with Gasteiger partial charge in [-0.2, -0.15) is 0 Å². The Kier molecular flexibility index (Phi) is 4.14. The lowest BCUT2D eigenvalue weighted by atomic mass is 10.0. The summed E-state index contributed by atoms with van der Waals surface area (Å²) in [5, 5.41) is 1.16. The van der Waals surface area contributed by atoms with E-state index in [2.05, 4.69) is 44.9 Å². The van der Waals surface area contributed by atoms with Gasteiger partial charge < -0.3 is 9.64 Å². The summed E-state index contributed by atoms with van der Waals surface area (Å²) >= 11 is 0. The molecule has 2 aliphatic heterocycles. The number of benzene rings is 1. The molecule has 1 atom stereocenters. The molecule has 0 N–H and O–H groups in total. The molecule has 0 saturated carbocycles. The molecule has 2 fully saturated rings. The number of rotatable bonds is 2. The van der Waals surface area contributed by atoms with Gasteiger partial charge in [0, 0.05) is 37.6 Å². The molecule has 0 radical (unpaired) electrons. The van der Waals surface area contributed by atoms with Gasteiger partial charge in [0.1, 0.15) is 12.1 Å². The van der Waals surface area contributed by atoms with Gasteiger partial charge in [0.05, 0.1) is 18.2 Å². The van der Waals surface area contributed by atoms with E-state index in [0.29, 0.717) is 12.1 Å². The number of hydrogen-bond acceptors (Lipinski definition) is 5. The summed E-state index contributed by atoms with van der Waals surface area (Å²) in [6.45, 7) is 7.33. The second kappa shape index (κ2) is 6.42. The van der Waals surface area contributed by atoms with Crippen LogP contribution in [0.5, 0.6) is 0 Å². The second-order valence-electron chi connectivity index (χ2n) is 6.61. The number of aromatic nitrogens is 2. The number of nitrogens with zero attached hydrogens (tertiary/aromatic N) is 4. The van der Waals surface area contributed by atoms with E-state index in [1.165, 1.54) is 12.8 Å². The van der Waals surface area contributed by atoms with Crippen molar-refractivity contribution in [3.8, 4) is 0 Å². The van der Waals surface area contributed by atoms with Gasteiger partial charge >= 0.3 is 0 Å². The topological polar surface area (TPSA) is 41.5 Å². The van der Waals surface area contributed by atoms with E-state index in [9.17, 15) is 0 Å². The highest BCUT2D eigenvalue weighted by atomic mass is 16.5. The van der Waals surface area contributed by atoms with Gasteiger partial charge in [-0.3, -0.25) is 4.90 Å². The third-order valence-electron chi connectivity index (χ3n) is 5.07. The molecule has 4 rings (SSSR count). The summed E-state index contributed by atoms with van der Waals surface area (Å²) in [7, 11) is 0. The highest BCUT2D eigenvalue weighted by Gasteiger charge is 2.28. The van der Waals surface area contributed by atoms with Crippen molar-refractivity contribution in [1.82, 2.24) is 14.9 Å². The number of piperidine rings is 1. The first kappa shape index (κ1) is 14.8. The van der Waals surface area contributed by atoms with Crippen LogP contribution in [-0.2, 0) is 4.74 Å². The quantitative estimate of drug-likeness (QED) is 0.851. The standard InChI is InChI=1S/C18H24N4O/c1-14-12-22(10-11-23-14)15-6-8-21(9-7-15)18-16-4-2-3-5-17(16)19-13-20-18/h2-5,13-15H,6-12H2,1H3/t14-/m0/s1. The molecule has 2 aliphatic rings. The molecular formula is C18H24N4O. The maximum Gasteiger partial charge on any atom is 0.139 e. The van der Waals surface area contributed by atoms with Crippen LogP contribution in [0.2, 0.25) is 0 Å². The Morgan fingerprint density at radius 2 is 1.91 bits per heavy atom. The third-order valence-corrected chi connectivity index (χ3v) is 5.07. The Morgan fingerprint density at radius 3 is 2.74 bits per heavy atom. The van der Waals surface area contributed by atoms with Crippen molar-refractivity contribution in [3.63, 3.8) is 0 Å². The van der Waals surface area contributed by atoms with E-state index in [0.717, 1.165) is 49.5 Å². The van der Waals surface area contributed by atoms with Crippen LogP contribution in [0.25, 0.3) is 10.9 Å². The molecule has 0 unspecified atom stereocenters. The predicted octanol–water partition coefficient (Wildman–Crippen LogP) is 2.32. The largest absolute Gasteiger partial charge is 0.376 e. The highest BCUT2D eigenvalue weighted by Crippen LogP contribution is 2.27. The van der Waals surface area contributed by atoms with Gasteiger partial charge in [0.25, 0.3) is 0 Å². The van der Waals surface area contributed by atoms with E-state index in [1.807, 2.05) is 6.07 Å². The molecule has 5 nitrogen and oxygen atoms in total. The van der Waals surface area contributed by atoms with E-state index in [4.69, 9.17) is 4.74 Å². The molecule has 122 valence electrons. The monoisotopic (exact) mass is 312 g/mol. The molecule has 5 heteroatoms. The van der Waals surface area contributed by atoms with Crippen molar-refractivity contribution >= 4 is 16.7 Å². The van der Waals surface area contributed by atoms with Crippen molar-refractivity contribution in [2.45, 2.75) is 31.9 Å². The first-order chi connectivity index (χ1) is 11.3. The van der Waals surface area contributed by atoms with Crippen LogP contribution in [0.15, 0.2) is 30.6 Å². The van der Waals surface area contributed by atoms with Crippen molar-refractivity contribution in [2.75, 3.05) is 37.7 Å². The number of ether oxygens (including phenoxy) is 1. The fourth-order valence-corrected chi connectivity index (χ4v) is 3.86. The summed E-state index contributed by atoms with van der Waals surface area (Å²) in [5.41, 5.74) is 1.03. The van der Waals surface area contributed by atoms with E-state index < -0.39 is 0 Å². The Hall–Kier alpha value is -1.72. The maximum absolute atomic E-state index is 5.67. The van der Waals surface area contributed by atoms with Gasteiger partial charge in [0.15, 0.2) is 0 Å². The molecule has 1 aromatic carbocycles. The number of morpholine rings is 1. The fourth-order valence-electron chi connectivity index (χ4n) is 3.86. The summed E-state index contributed by atoms with van der Waals surface area (Å²) < 4.78 is 5.67. The molecule has 23 heavy (non-hydrogen) atoms. The minimum atomic E-state index is 0.368. The summed E-state index contributed by atoms with van der Waals surface area (Å²) in [6.07, 6.45) is 4.45. The average molecular weight is 312 g/mol. The third kappa shape index (κ3) is 3.03. The number of para-hydroxylation sites is 1. The molecule has 3 heterocycles. The minimum Gasteiger partial charge on any atom is -0.376 e. The number of hydrogen-bond donors (Lipinski definition) is 0. The van der Waals surface area contributed by atoms with Crippen LogP contribution in [0.3, 0.4) is 0 Å². The molecule has 2 aromatic rings. The Bertz CT molecular complexity index is 664. The second-order valence-corrected chi connectivity index (χ2v) is 6.61. The number of anilines is 1. The lowest BCUT2D eigenvalue weighted by Gasteiger charge is -2.42. The van der Waals surface area contributed by atoms with Crippen LogP contribution in [0.4, 0.5) is 5.82 Å². The number of fused-ring (bicyclic) bond motifs is 1. The highest BCUT2D eigenvalue weighted by molar-refractivity contribution is 5.89. The van der Waals surface area contributed by atoms with Crippen molar-refractivity contribution in [3.05, 3.63) is 30.6 Å². The first-order valence-corrected chi connectivity index (χ1v) is 8.61. The van der Waals surface area contributed by atoms with Gasteiger partial charge in [-0.15, -0.1) is 0 Å². The molecule has 1 aromatic heterocycles. The van der Waals surface area contributed by atoms with Gasteiger partial charge in [-0.25, -0.2) is 9.97 Å². The van der Waals surface area contributed by atoms with Crippen LogP contribution < -0.4 is 4.90 Å².